The number of rotatable bonds is 7. The summed E-state index contributed by atoms with van der Waals surface area (Å²) >= 11 is 7.59. The number of thioether (sulfide) groups is 1. The zero-order valence-electron chi connectivity index (χ0n) is 35.7. The summed E-state index contributed by atoms with van der Waals surface area (Å²) in [6.07, 6.45) is 14.0. The van der Waals surface area contributed by atoms with E-state index in [1.807, 2.05) is 45.8 Å². The second kappa shape index (κ2) is 15.5. The fourth-order valence-corrected chi connectivity index (χ4v) is 15.3. The van der Waals surface area contributed by atoms with Crippen LogP contribution in [-0.4, -0.2) is 6.04 Å². The first-order valence-electron chi connectivity index (χ1n) is 22.7. The first-order chi connectivity index (χ1) is 32.7. The Kier molecular flexibility index (Phi) is 9.04. The summed E-state index contributed by atoms with van der Waals surface area (Å²) in [4.78, 5) is 7.86. The summed E-state index contributed by atoms with van der Waals surface area (Å²) < 4.78 is 7.95. The van der Waals surface area contributed by atoms with Gasteiger partial charge in [-0.15, -0.1) is 34.0 Å². The summed E-state index contributed by atoms with van der Waals surface area (Å²) in [6.45, 7) is 0. The Balaban J connectivity index is 0.805. The minimum Gasteiger partial charge on any atom is -0.334 e. The van der Waals surface area contributed by atoms with Gasteiger partial charge in [0.2, 0.25) is 0 Å². The van der Waals surface area contributed by atoms with Crippen molar-refractivity contribution in [3.8, 4) is 0 Å². The number of allylic oxidation sites excluding steroid dienone is 5. The van der Waals surface area contributed by atoms with Gasteiger partial charge in [-0.05, 0) is 113 Å². The van der Waals surface area contributed by atoms with Gasteiger partial charge in [0.1, 0.15) is 0 Å². The van der Waals surface area contributed by atoms with Crippen LogP contribution >= 0.6 is 45.8 Å². The molecule has 11 aromatic rings. The maximum absolute atomic E-state index is 2.56. The molecule has 0 radical (unpaired) electrons. The number of fused-ring (bicyclic) bond motifs is 12. The Hall–Kier alpha value is -6.67. The van der Waals surface area contributed by atoms with E-state index in [0.29, 0.717) is 5.92 Å². The molecule has 0 spiro atoms. The Morgan fingerprint density at radius 3 is 1.55 bits per heavy atom. The summed E-state index contributed by atoms with van der Waals surface area (Å²) in [5.41, 5.74) is 9.98. The molecule has 2 unspecified atom stereocenters. The second-order valence-corrected chi connectivity index (χ2v) is 21.9. The molecule has 6 heteroatoms. The highest BCUT2D eigenvalue weighted by Gasteiger charge is 2.31. The molecular formula is C60H40N2S4. The molecule has 3 aliphatic rings. The van der Waals surface area contributed by atoms with E-state index in [2.05, 4.69) is 216 Å². The topological polar surface area (TPSA) is 6.48 Å². The predicted octanol–water partition coefficient (Wildman–Crippen LogP) is 18.5. The SMILES string of the molecule is C1=CC(N(c2ccc3c(c2)sc2ccccc23)c2ccc3c(c2)sc2ccccc23)CC=C1c1ccc(N(C2=CCC3C(=C2)Sc2ccccc23)c2ccc3c(c2)sc2ccccc23)cc1. The van der Waals surface area contributed by atoms with E-state index in [0.717, 1.165) is 12.8 Å². The van der Waals surface area contributed by atoms with Crippen LogP contribution < -0.4 is 9.80 Å². The molecule has 2 nitrogen and oxygen atoms in total. The van der Waals surface area contributed by atoms with E-state index in [1.54, 1.807) is 0 Å². The monoisotopic (exact) mass is 916 g/mol. The minimum absolute atomic E-state index is 0.153. The van der Waals surface area contributed by atoms with Crippen LogP contribution in [0.15, 0.2) is 222 Å². The molecule has 2 aliphatic carbocycles. The number of hydrogen-bond acceptors (Lipinski definition) is 6. The maximum Gasteiger partial charge on any atom is 0.0560 e. The third-order valence-electron chi connectivity index (χ3n) is 13.7. The molecule has 14 rings (SSSR count). The van der Waals surface area contributed by atoms with Gasteiger partial charge in [-0.2, -0.15) is 0 Å². The van der Waals surface area contributed by atoms with Gasteiger partial charge in [-0.1, -0.05) is 139 Å². The lowest BCUT2D eigenvalue weighted by Crippen LogP contribution is -2.30. The molecule has 66 heavy (non-hydrogen) atoms. The van der Waals surface area contributed by atoms with E-state index in [4.69, 9.17) is 0 Å². The van der Waals surface area contributed by atoms with Crippen LogP contribution in [0.5, 0.6) is 0 Å². The van der Waals surface area contributed by atoms with Crippen molar-refractivity contribution in [2.75, 3.05) is 9.80 Å². The molecule has 8 aromatic carbocycles. The highest BCUT2D eigenvalue weighted by atomic mass is 32.2. The van der Waals surface area contributed by atoms with E-state index in [9.17, 15) is 0 Å². The third-order valence-corrected chi connectivity index (χ3v) is 18.4. The summed E-state index contributed by atoms with van der Waals surface area (Å²) in [6, 6.07) is 65.9. The third kappa shape index (κ3) is 6.34. The van der Waals surface area contributed by atoms with Crippen molar-refractivity contribution >= 4 is 135 Å². The van der Waals surface area contributed by atoms with Crippen LogP contribution in [0.4, 0.5) is 22.7 Å². The van der Waals surface area contributed by atoms with Crippen molar-refractivity contribution in [2.45, 2.75) is 29.7 Å². The number of thiophene rings is 3. The van der Waals surface area contributed by atoms with E-state index in [-0.39, 0.29) is 6.04 Å². The minimum atomic E-state index is 0.153. The molecule has 0 bridgehead atoms. The van der Waals surface area contributed by atoms with Crippen LogP contribution in [0.25, 0.3) is 66.1 Å². The number of anilines is 4. The molecule has 0 N–H and O–H groups in total. The number of nitrogens with zero attached hydrogens (tertiary/aromatic N) is 2. The van der Waals surface area contributed by atoms with Crippen molar-refractivity contribution in [1.29, 1.82) is 0 Å². The van der Waals surface area contributed by atoms with Crippen LogP contribution in [0.3, 0.4) is 0 Å². The van der Waals surface area contributed by atoms with Crippen LogP contribution in [0.1, 0.15) is 29.9 Å². The van der Waals surface area contributed by atoms with Gasteiger partial charge in [0.15, 0.2) is 0 Å². The zero-order valence-corrected chi connectivity index (χ0v) is 39.0. The van der Waals surface area contributed by atoms with Crippen molar-refractivity contribution in [3.63, 3.8) is 0 Å². The van der Waals surface area contributed by atoms with Crippen molar-refractivity contribution < 1.29 is 0 Å². The molecule has 4 heterocycles. The van der Waals surface area contributed by atoms with E-state index >= 15 is 0 Å². The lowest BCUT2D eigenvalue weighted by atomic mass is 9.91. The Morgan fingerprint density at radius 1 is 0.439 bits per heavy atom. The Labute approximate surface area is 399 Å². The van der Waals surface area contributed by atoms with Gasteiger partial charge in [0, 0.05) is 99.8 Å². The lowest BCUT2D eigenvalue weighted by Gasteiger charge is -2.33. The van der Waals surface area contributed by atoms with Crippen molar-refractivity contribution in [3.05, 3.63) is 228 Å². The molecule has 0 amide bonds. The molecule has 1 aliphatic heterocycles. The molecule has 3 aromatic heterocycles. The van der Waals surface area contributed by atoms with E-state index in [1.165, 1.54) is 115 Å². The summed E-state index contributed by atoms with van der Waals surface area (Å²) in [7, 11) is 0. The molecular weight excluding hydrogens is 877 g/mol. The number of benzene rings is 8. The fourth-order valence-electron chi connectivity index (χ4n) is 10.6. The van der Waals surface area contributed by atoms with Crippen LogP contribution in [-0.2, 0) is 0 Å². The quantitative estimate of drug-likeness (QED) is 0.157. The summed E-state index contributed by atoms with van der Waals surface area (Å²) in [5.74, 6) is 0.437. The summed E-state index contributed by atoms with van der Waals surface area (Å²) in [5, 5.41) is 7.97. The van der Waals surface area contributed by atoms with Gasteiger partial charge in [-0.25, -0.2) is 0 Å². The number of hydrogen-bond donors (Lipinski definition) is 0. The van der Waals surface area contributed by atoms with Gasteiger partial charge in [0.25, 0.3) is 0 Å². The zero-order chi connectivity index (χ0) is 43.3. The predicted molar refractivity (Wildman–Crippen MR) is 290 cm³/mol. The van der Waals surface area contributed by atoms with Crippen LogP contribution in [0, 0.1) is 0 Å². The standard InChI is InChI=1S/C60H40N2S4/c1-5-13-53-45(9-1)49-29-25-41(33-57(49)63-53)61(42-26-30-50-46-10-2-6-14-54(46)64-58(50)34-42)39-21-17-37(18-22-39)38-19-23-40(24-20-38)62(43-27-31-51-47-11-3-7-15-55(47)65-59(51)35-43)44-28-32-52-48-12-4-8-16-56(48)66-60(52)36-44/h1-23,25-29,31-36,40,50H,24,30H2. The van der Waals surface area contributed by atoms with Gasteiger partial charge < -0.3 is 9.80 Å². The molecule has 2 atom stereocenters. The van der Waals surface area contributed by atoms with Gasteiger partial charge in [0.05, 0.1) is 6.04 Å². The molecule has 0 fully saturated rings. The van der Waals surface area contributed by atoms with Crippen molar-refractivity contribution in [2.24, 2.45) is 0 Å². The first-order valence-corrected chi connectivity index (χ1v) is 25.9. The average Bonchev–Trinajstić information content (AvgIpc) is 4.14. The Morgan fingerprint density at radius 2 is 0.955 bits per heavy atom. The highest BCUT2D eigenvalue weighted by Crippen LogP contribution is 2.53. The normalized spacial score (nSPS) is 16.8. The second-order valence-electron chi connectivity index (χ2n) is 17.5. The molecule has 0 saturated heterocycles. The van der Waals surface area contributed by atoms with Gasteiger partial charge in [-0.3, -0.25) is 0 Å². The fraction of sp³-hybridized carbons (Fsp3) is 0.0667. The average molecular weight is 917 g/mol. The van der Waals surface area contributed by atoms with E-state index < -0.39 is 0 Å². The van der Waals surface area contributed by atoms with Gasteiger partial charge >= 0.3 is 0 Å². The lowest BCUT2D eigenvalue weighted by molar-refractivity contribution is 0.788. The van der Waals surface area contributed by atoms with Crippen LogP contribution in [0.2, 0.25) is 0 Å². The first kappa shape index (κ1) is 38.6. The smallest absolute Gasteiger partial charge is 0.0560 e. The molecule has 314 valence electrons. The molecule has 0 saturated carbocycles. The Bertz CT molecular complexity index is 3780. The largest absolute Gasteiger partial charge is 0.334 e. The maximum atomic E-state index is 2.56. The highest BCUT2D eigenvalue weighted by molar-refractivity contribution is 8.03. The van der Waals surface area contributed by atoms with Crippen molar-refractivity contribution in [1.82, 2.24) is 0 Å².